The van der Waals surface area contributed by atoms with E-state index in [1.807, 2.05) is 6.08 Å². The van der Waals surface area contributed by atoms with Crippen LogP contribution in [0.15, 0.2) is 11.6 Å². The smallest absolute Gasteiger partial charge is 0.159 e. The lowest BCUT2D eigenvalue weighted by atomic mass is 9.58. The van der Waals surface area contributed by atoms with Gasteiger partial charge in [0, 0.05) is 17.8 Å². The molecule has 2 aliphatic rings. The average Bonchev–Trinajstić information content (AvgIpc) is 2.64. The van der Waals surface area contributed by atoms with Crippen molar-refractivity contribution >= 4 is 5.78 Å². The largest absolute Gasteiger partial charge is 0.393 e. The number of rotatable bonds is 2. The molecule has 2 aliphatic carbocycles. The number of hydrogen-bond acceptors (Lipinski definition) is 4. The lowest BCUT2D eigenvalue weighted by molar-refractivity contribution is -0.151. The van der Waals surface area contributed by atoms with Gasteiger partial charge in [-0.1, -0.05) is 13.0 Å². The summed E-state index contributed by atoms with van der Waals surface area (Å²) in [5, 5.41) is 30.3. The minimum Gasteiger partial charge on any atom is -0.393 e. The van der Waals surface area contributed by atoms with Gasteiger partial charge in [0.1, 0.15) is 0 Å². The summed E-state index contributed by atoms with van der Waals surface area (Å²) in [7, 11) is 0. The van der Waals surface area contributed by atoms with Gasteiger partial charge in [-0.25, -0.2) is 0 Å². The van der Waals surface area contributed by atoms with E-state index < -0.39 is 23.0 Å². The minimum absolute atomic E-state index is 0.0789. The summed E-state index contributed by atoms with van der Waals surface area (Å²) in [4.78, 5) is 11.9. The molecule has 0 aliphatic heterocycles. The minimum atomic E-state index is -1.31. The van der Waals surface area contributed by atoms with E-state index in [9.17, 15) is 20.1 Å². The first kappa shape index (κ1) is 14.7. The molecule has 19 heavy (non-hydrogen) atoms. The molecule has 1 unspecified atom stereocenters. The molecule has 1 fully saturated rings. The van der Waals surface area contributed by atoms with E-state index in [4.69, 9.17) is 0 Å². The fraction of sp³-hybridized carbons (Fsp3) is 0.800. The molecule has 0 bridgehead atoms. The Morgan fingerprint density at radius 3 is 2.58 bits per heavy atom. The highest BCUT2D eigenvalue weighted by Crippen LogP contribution is 2.53. The van der Waals surface area contributed by atoms with Crippen molar-refractivity contribution in [2.45, 2.75) is 51.7 Å². The second kappa shape index (κ2) is 4.69. The van der Waals surface area contributed by atoms with Crippen LogP contribution in [0, 0.1) is 17.3 Å². The summed E-state index contributed by atoms with van der Waals surface area (Å²) in [6.07, 6.45) is 2.93. The standard InChI is InChI=1S/C15H24O4/c1-9-6-15(7-12(9)17)10(2)4-5-11(13(15)18)14(3,19)8-16/h6,10-11,13,16,18-19H,4-5,7-8H2,1-3H3/t10-,11-,13-,14?,15-/m1/s1. The molecule has 0 aromatic carbocycles. The first-order valence-corrected chi connectivity index (χ1v) is 6.98. The van der Waals surface area contributed by atoms with Crippen LogP contribution in [0.25, 0.3) is 0 Å². The molecule has 1 spiro atoms. The summed E-state index contributed by atoms with van der Waals surface area (Å²) in [6.45, 7) is 5.01. The fourth-order valence-electron chi connectivity index (χ4n) is 3.75. The zero-order chi connectivity index (χ0) is 14.4. The van der Waals surface area contributed by atoms with E-state index in [2.05, 4.69) is 6.92 Å². The summed E-state index contributed by atoms with van der Waals surface area (Å²) in [5.74, 6) is -0.117. The van der Waals surface area contributed by atoms with Gasteiger partial charge in [-0.2, -0.15) is 0 Å². The predicted octanol–water partition coefficient (Wildman–Crippen LogP) is 1.04. The van der Waals surface area contributed by atoms with Gasteiger partial charge in [-0.15, -0.1) is 0 Å². The van der Waals surface area contributed by atoms with Crippen LogP contribution in [0.2, 0.25) is 0 Å². The van der Waals surface area contributed by atoms with Gasteiger partial charge in [0.25, 0.3) is 0 Å². The topological polar surface area (TPSA) is 77.8 Å². The Morgan fingerprint density at radius 2 is 2.11 bits per heavy atom. The Kier molecular flexibility index (Phi) is 3.62. The van der Waals surface area contributed by atoms with Crippen molar-refractivity contribution in [2.75, 3.05) is 6.61 Å². The number of Topliss-reactive ketones (excluding diaryl/α,β-unsaturated/α-hetero) is 1. The quantitative estimate of drug-likeness (QED) is 0.699. The van der Waals surface area contributed by atoms with Gasteiger partial charge in [0.2, 0.25) is 0 Å². The third-order valence-corrected chi connectivity index (χ3v) is 5.27. The van der Waals surface area contributed by atoms with Crippen LogP contribution in [-0.2, 0) is 4.79 Å². The maximum atomic E-state index is 11.9. The van der Waals surface area contributed by atoms with Gasteiger partial charge in [0.15, 0.2) is 5.78 Å². The molecular weight excluding hydrogens is 244 g/mol. The zero-order valence-corrected chi connectivity index (χ0v) is 11.9. The van der Waals surface area contributed by atoms with Crippen molar-refractivity contribution < 1.29 is 20.1 Å². The first-order chi connectivity index (χ1) is 8.74. The highest BCUT2D eigenvalue weighted by atomic mass is 16.3. The molecule has 5 atom stereocenters. The summed E-state index contributed by atoms with van der Waals surface area (Å²) >= 11 is 0. The first-order valence-electron chi connectivity index (χ1n) is 6.98. The maximum absolute atomic E-state index is 11.9. The zero-order valence-electron chi connectivity index (χ0n) is 11.9. The van der Waals surface area contributed by atoms with E-state index in [-0.39, 0.29) is 18.3 Å². The molecule has 0 radical (unpaired) electrons. The summed E-state index contributed by atoms with van der Waals surface area (Å²) < 4.78 is 0. The number of aliphatic hydroxyl groups excluding tert-OH is 2. The van der Waals surface area contributed by atoms with Gasteiger partial charge in [0.05, 0.1) is 18.3 Å². The van der Waals surface area contributed by atoms with Crippen LogP contribution in [0.1, 0.15) is 40.0 Å². The normalized spacial score (nSPS) is 42.3. The molecule has 0 aromatic rings. The molecule has 0 aromatic heterocycles. The van der Waals surface area contributed by atoms with E-state index >= 15 is 0 Å². The van der Waals surface area contributed by atoms with Crippen LogP contribution in [0.3, 0.4) is 0 Å². The Hall–Kier alpha value is -0.710. The van der Waals surface area contributed by atoms with Crippen molar-refractivity contribution in [1.29, 1.82) is 0 Å². The van der Waals surface area contributed by atoms with Crippen LogP contribution in [-0.4, -0.2) is 39.4 Å². The molecule has 0 amide bonds. The SMILES string of the molecule is CC1=C[C@@]2(CC1=O)[C@H](C)CC[C@@H](C(C)(O)CO)[C@H]2O. The Labute approximate surface area is 114 Å². The Morgan fingerprint density at radius 1 is 1.47 bits per heavy atom. The van der Waals surface area contributed by atoms with E-state index in [1.165, 1.54) is 0 Å². The second-order valence-electron chi connectivity index (χ2n) is 6.58. The molecule has 108 valence electrons. The van der Waals surface area contributed by atoms with E-state index in [0.29, 0.717) is 18.4 Å². The third kappa shape index (κ3) is 2.16. The van der Waals surface area contributed by atoms with Crippen molar-refractivity contribution in [3.05, 3.63) is 11.6 Å². The fourth-order valence-corrected chi connectivity index (χ4v) is 3.75. The van der Waals surface area contributed by atoms with Gasteiger partial charge in [-0.05, 0) is 38.2 Å². The lowest BCUT2D eigenvalue weighted by Gasteiger charge is -2.50. The van der Waals surface area contributed by atoms with Crippen LogP contribution < -0.4 is 0 Å². The highest BCUT2D eigenvalue weighted by Gasteiger charge is 2.55. The van der Waals surface area contributed by atoms with E-state index in [1.54, 1.807) is 13.8 Å². The van der Waals surface area contributed by atoms with Crippen LogP contribution >= 0.6 is 0 Å². The maximum Gasteiger partial charge on any atom is 0.159 e. The Bertz CT molecular complexity index is 412. The number of allylic oxidation sites excluding steroid dienone is 1. The Balaban J connectivity index is 2.36. The van der Waals surface area contributed by atoms with Crippen molar-refractivity contribution in [2.24, 2.45) is 17.3 Å². The number of aliphatic hydroxyl groups is 3. The molecule has 4 nitrogen and oxygen atoms in total. The van der Waals surface area contributed by atoms with E-state index in [0.717, 1.165) is 6.42 Å². The number of ketones is 1. The lowest BCUT2D eigenvalue weighted by Crippen LogP contribution is -2.55. The van der Waals surface area contributed by atoms with Crippen molar-refractivity contribution in [3.63, 3.8) is 0 Å². The van der Waals surface area contributed by atoms with Crippen LogP contribution in [0.5, 0.6) is 0 Å². The van der Waals surface area contributed by atoms with Gasteiger partial charge in [-0.3, -0.25) is 4.79 Å². The average molecular weight is 268 g/mol. The monoisotopic (exact) mass is 268 g/mol. The van der Waals surface area contributed by atoms with Crippen LogP contribution in [0.4, 0.5) is 0 Å². The molecular formula is C15H24O4. The number of hydrogen-bond donors (Lipinski definition) is 3. The van der Waals surface area contributed by atoms with Gasteiger partial charge < -0.3 is 15.3 Å². The van der Waals surface area contributed by atoms with Crippen molar-refractivity contribution in [3.8, 4) is 0 Å². The predicted molar refractivity (Wildman–Crippen MR) is 71.4 cm³/mol. The molecule has 2 rings (SSSR count). The molecule has 1 saturated carbocycles. The number of carbonyl (C=O) groups excluding carboxylic acids is 1. The molecule has 0 heterocycles. The molecule has 4 heteroatoms. The second-order valence-corrected chi connectivity index (χ2v) is 6.58. The van der Waals surface area contributed by atoms with Gasteiger partial charge >= 0.3 is 0 Å². The highest BCUT2D eigenvalue weighted by molar-refractivity contribution is 5.98. The summed E-state index contributed by atoms with van der Waals surface area (Å²) in [6, 6.07) is 0. The third-order valence-electron chi connectivity index (χ3n) is 5.27. The van der Waals surface area contributed by atoms with Crippen molar-refractivity contribution in [1.82, 2.24) is 0 Å². The molecule has 0 saturated heterocycles. The number of carbonyl (C=O) groups is 1. The molecule has 3 N–H and O–H groups in total. The summed E-state index contributed by atoms with van der Waals surface area (Å²) in [5.41, 5.74) is -1.17.